The Balaban J connectivity index is 2.32. The third-order valence-corrected chi connectivity index (χ3v) is 4.93. The number of hydrogen-bond donors (Lipinski definition) is 1. The fourth-order valence-electron chi connectivity index (χ4n) is 2.44. The van der Waals surface area contributed by atoms with E-state index in [0.29, 0.717) is 10.5 Å². The maximum Gasteiger partial charge on any atom is 0.266 e. The van der Waals surface area contributed by atoms with Crippen LogP contribution in [0.15, 0.2) is 23.1 Å². The van der Waals surface area contributed by atoms with Crippen LogP contribution in [0.25, 0.3) is 6.08 Å². The molecule has 0 spiro atoms. The zero-order valence-corrected chi connectivity index (χ0v) is 15.6. The highest BCUT2D eigenvalue weighted by Crippen LogP contribution is 2.36. The smallest absolute Gasteiger partial charge is 0.266 e. The molecule has 0 bridgehead atoms. The van der Waals surface area contributed by atoms with Crippen LogP contribution in [0.1, 0.15) is 25.8 Å². The van der Waals surface area contributed by atoms with Crippen molar-refractivity contribution in [3.05, 3.63) is 28.7 Å². The standard InChI is InChI=1S/C17H19NO5S2/c1-9(2)6-11(16(21)22)18-15(20)14(25-17(18)24)8-10-4-5-12(19)13(7-10)23-3/h4-5,7-9,11,19H,6H2,1-3H3,(H,21,22)/p-1/b14-8-/t11-/m1/s1. The fourth-order valence-corrected chi connectivity index (χ4v) is 3.79. The number of benzene rings is 1. The van der Waals surface area contributed by atoms with Gasteiger partial charge < -0.3 is 19.7 Å². The van der Waals surface area contributed by atoms with Crippen molar-refractivity contribution in [1.82, 2.24) is 4.90 Å². The minimum absolute atomic E-state index is 0.0128. The van der Waals surface area contributed by atoms with Crippen LogP contribution in [0, 0.1) is 5.92 Å². The van der Waals surface area contributed by atoms with E-state index >= 15 is 0 Å². The van der Waals surface area contributed by atoms with Crippen molar-refractivity contribution >= 4 is 46.3 Å². The number of phenols is 1. The fraction of sp³-hybridized carbons (Fsp3) is 0.353. The van der Waals surface area contributed by atoms with Crippen LogP contribution in [-0.4, -0.2) is 39.4 Å². The first-order valence-corrected chi connectivity index (χ1v) is 8.82. The maximum atomic E-state index is 12.6. The highest BCUT2D eigenvalue weighted by Gasteiger charge is 2.37. The van der Waals surface area contributed by atoms with Gasteiger partial charge in [0.15, 0.2) is 11.5 Å². The average Bonchev–Trinajstić information content (AvgIpc) is 2.80. The molecule has 0 aliphatic carbocycles. The van der Waals surface area contributed by atoms with Gasteiger partial charge in [0.25, 0.3) is 5.91 Å². The normalized spacial score (nSPS) is 17.4. The number of thioether (sulfide) groups is 1. The Morgan fingerprint density at radius 1 is 1.48 bits per heavy atom. The first-order valence-electron chi connectivity index (χ1n) is 7.59. The highest BCUT2D eigenvalue weighted by molar-refractivity contribution is 8.26. The summed E-state index contributed by atoms with van der Waals surface area (Å²) >= 11 is 6.24. The summed E-state index contributed by atoms with van der Waals surface area (Å²) in [4.78, 5) is 25.5. The van der Waals surface area contributed by atoms with Crippen LogP contribution in [0.5, 0.6) is 11.5 Å². The maximum absolute atomic E-state index is 12.6. The Kier molecular flexibility index (Phi) is 6.07. The number of carbonyl (C=O) groups is 2. The largest absolute Gasteiger partial charge is 0.548 e. The molecule has 1 aliphatic rings. The Labute approximate surface area is 155 Å². The van der Waals surface area contributed by atoms with Crippen molar-refractivity contribution in [3.63, 3.8) is 0 Å². The van der Waals surface area contributed by atoms with Gasteiger partial charge in [0.05, 0.1) is 24.0 Å². The lowest BCUT2D eigenvalue weighted by atomic mass is 10.0. The van der Waals surface area contributed by atoms with Crippen molar-refractivity contribution in [2.45, 2.75) is 26.3 Å². The summed E-state index contributed by atoms with van der Waals surface area (Å²) in [6.45, 7) is 3.73. The summed E-state index contributed by atoms with van der Waals surface area (Å²) in [7, 11) is 1.43. The number of thiocarbonyl (C=S) groups is 1. The van der Waals surface area contributed by atoms with Crippen LogP contribution in [0.3, 0.4) is 0 Å². The molecule has 1 amide bonds. The van der Waals surface area contributed by atoms with Crippen molar-refractivity contribution in [3.8, 4) is 11.5 Å². The minimum atomic E-state index is -1.32. The number of hydrogen-bond acceptors (Lipinski definition) is 7. The van der Waals surface area contributed by atoms with Crippen LogP contribution in [0.4, 0.5) is 0 Å². The van der Waals surface area contributed by atoms with E-state index in [9.17, 15) is 19.8 Å². The van der Waals surface area contributed by atoms with Crippen LogP contribution in [0.2, 0.25) is 0 Å². The van der Waals surface area contributed by atoms with Crippen molar-refractivity contribution < 1.29 is 24.5 Å². The number of carbonyl (C=O) groups excluding carboxylic acids is 2. The summed E-state index contributed by atoms with van der Waals surface area (Å²) in [6.07, 6.45) is 1.85. The van der Waals surface area contributed by atoms with Gasteiger partial charge in [0, 0.05) is 0 Å². The van der Waals surface area contributed by atoms with E-state index in [1.54, 1.807) is 18.2 Å². The predicted octanol–water partition coefficient (Wildman–Crippen LogP) is 1.77. The highest BCUT2D eigenvalue weighted by atomic mass is 32.2. The average molecular weight is 380 g/mol. The number of aliphatic carboxylic acids is 1. The number of ether oxygens (including phenoxy) is 1. The van der Waals surface area contributed by atoms with Gasteiger partial charge in [-0.25, -0.2) is 0 Å². The Hall–Kier alpha value is -2.06. The molecular weight excluding hydrogens is 362 g/mol. The van der Waals surface area contributed by atoms with E-state index in [1.807, 2.05) is 13.8 Å². The lowest BCUT2D eigenvalue weighted by Gasteiger charge is -2.28. The molecule has 0 unspecified atom stereocenters. The number of phenolic OH excluding ortho intramolecular Hbond substituents is 1. The molecule has 1 N–H and O–H groups in total. The van der Waals surface area contributed by atoms with E-state index < -0.39 is 17.9 Å². The number of nitrogens with zero attached hydrogens (tertiary/aromatic N) is 1. The van der Waals surface area contributed by atoms with E-state index in [1.165, 1.54) is 13.2 Å². The van der Waals surface area contributed by atoms with E-state index in [4.69, 9.17) is 17.0 Å². The number of carboxylic acids is 1. The van der Waals surface area contributed by atoms with E-state index in [0.717, 1.165) is 16.7 Å². The molecule has 0 radical (unpaired) electrons. The minimum Gasteiger partial charge on any atom is -0.548 e. The Morgan fingerprint density at radius 2 is 2.16 bits per heavy atom. The van der Waals surface area contributed by atoms with Gasteiger partial charge in [-0.1, -0.05) is 43.9 Å². The molecule has 1 saturated heterocycles. The topological polar surface area (TPSA) is 89.9 Å². The molecule has 1 heterocycles. The zero-order chi connectivity index (χ0) is 18.7. The van der Waals surface area contributed by atoms with Gasteiger partial charge in [-0.15, -0.1) is 0 Å². The van der Waals surface area contributed by atoms with Gasteiger partial charge >= 0.3 is 0 Å². The Bertz CT molecular complexity index is 745. The molecule has 25 heavy (non-hydrogen) atoms. The molecule has 1 aliphatic heterocycles. The van der Waals surface area contributed by atoms with Gasteiger partial charge in [-0.3, -0.25) is 9.69 Å². The van der Waals surface area contributed by atoms with E-state index in [2.05, 4.69) is 0 Å². The molecule has 2 rings (SSSR count). The quantitative estimate of drug-likeness (QED) is 0.594. The number of aromatic hydroxyl groups is 1. The molecule has 134 valence electrons. The molecule has 1 fully saturated rings. The molecule has 1 aromatic carbocycles. The lowest BCUT2D eigenvalue weighted by molar-refractivity contribution is -0.310. The number of rotatable bonds is 6. The number of carboxylic acid groups (broad SMARTS) is 1. The van der Waals surface area contributed by atoms with Crippen molar-refractivity contribution in [2.75, 3.05) is 7.11 Å². The third kappa shape index (κ3) is 4.32. The summed E-state index contributed by atoms with van der Waals surface area (Å²) in [5, 5.41) is 21.1. The monoisotopic (exact) mass is 380 g/mol. The van der Waals surface area contributed by atoms with Gasteiger partial charge in [-0.05, 0) is 36.1 Å². The van der Waals surface area contributed by atoms with Crippen LogP contribution < -0.4 is 9.84 Å². The first kappa shape index (κ1) is 19.3. The predicted molar refractivity (Wildman–Crippen MR) is 97.9 cm³/mol. The molecular formula is C17H18NO5S2-. The van der Waals surface area contributed by atoms with Gasteiger partial charge in [-0.2, -0.15) is 0 Å². The van der Waals surface area contributed by atoms with Crippen molar-refractivity contribution in [1.29, 1.82) is 0 Å². The molecule has 1 aromatic rings. The molecule has 6 nitrogen and oxygen atoms in total. The molecule has 0 aromatic heterocycles. The second kappa shape index (κ2) is 7.88. The van der Waals surface area contributed by atoms with E-state index in [-0.39, 0.29) is 28.2 Å². The third-order valence-electron chi connectivity index (χ3n) is 3.60. The van der Waals surface area contributed by atoms with Crippen molar-refractivity contribution in [2.24, 2.45) is 5.92 Å². The summed E-state index contributed by atoms with van der Waals surface area (Å²) in [5.74, 6) is -1.45. The van der Waals surface area contributed by atoms with Gasteiger partial charge in [0.1, 0.15) is 4.32 Å². The lowest BCUT2D eigenvalue weighted by Crippen LogP contribution is -2.50. The zero-order valence-electron chi connectivity index (χ0n) is 14.0. The van der Waals surface area contributed by atoms with Crippen LogP contribution >= 0.6 is 24.0 Å². The summed E-state index contributed by atoms with van der Waals surface area (Å²) in [6, 6.07) is 3.56. The van der Waals surface area contributed by atoms with Crippen LogP contribution in [-0.2, 0) is 9.59 Å². The second-order valence-electron chi connectivity index (χ2n) is 5.95. The second-order valence-corrected chi connectivity index (χ2v) is 7.62. The molecule has 0 saturated carbocycles. The Morgan fingerprint density at radius 3 is 2.72 bits per heavy atom. The first-order chi connectivity index (χ1) is 11.7. The summed E-state index contributed by atoms with van der Waals surface area (Å²) in [5.41, 5.74) is 0.629. The molecule has 8 heteroatoms. The molecule has 1 atom stereocenters. The summed E-state index contributed by atoms with van der Waals surface area (Å²) < 4.78 is 5.23. The SMILES string of the molecule is COc1cc(/C=C2\SC(=S)N([C@H](CC(C)C)C(=O)[O-])C2=O)ccc1O. The number of methoxy groups -OCH3 is 1. The van der Waals surface area contributed by atoms with Gasteiger partial charge in [0.2, 0.25) is 0 Å². The number of amides is 1.